The number of carboxylic acid groups (broad SMARTS) is 1. The highest BCUT2D eigenvalue weighted by atomic mass is 19.1. The van der Waals surface area contributed by atoms with Crippen LogP contribution in [0.4, 0.5) is 4.39 Å². The van der Waals surface area contributed by atoms with Crippen LogP contribution in [0, 0.1) is 12.3 Å². The number of piperidine rings is 1. The topological polar surface area (TPSA) is 65.6 Å². The molecule has 1 aromatic heterocycles. The highest BCUT2D eigenvalue weighted by molar-refractivity contribution is 5.88. The zero-order valence-corrected chi connectivity index (χ0v) is 19.5. The van der Waals surface area contributed by atoms with E-state index in [4.69, 9.17) is 4.74 Å². The second-order valence-corrected chi connectivity index (χ2v) is 10.3. The number of carbonyl (C=O) groups is 1. The second kappa shape index (κ2) is 7.87. The van der Waals surface area contributed by atoms with Crippen molar-refractivity contribution in [1.82, 2.24) is 9.88 Å². The number of nitrogens with zero attached hydrogens (tertiary/aromatic N) is 1. The van der Waals surface area contributed by atoms with E-state index in [1.165, 1.54) is 0 Å². The molecule has 5 rings (SSSR count). The number of hydrogen-bond donors (Lipinski definition) is 2. The molecule has 3 aromatic rings. The Kier molecular flexibility index (Phi) is 5.24. The van der Waals surface area contributed by atoms with E-state index in [-0.39, 0.29) is 17.0 Å². The van der Waals surface area contributed by atoms with Crippen molar-refractivity contribution in [3.63, 3.8) is 0 Å². The smallest absolute Gasteiger partial charge is 0.335 e. The number of methoxy groups -OCH3 is 1. The van der Waals surface area contributed by atoms with Crippen LogP contribution in [-0.4, -0.2) is 40.3 Å². The fraction of sp³-hybridized carbons (Fsp3) is 0.444. The SMILES string of the molecule is COc1cc(C)c2[nH]ccc2c1CN1CCC2(C[C@@H]1c1ccc(C(=O)O)cc1)CC(C)(F)C2. The first kappa shape index (κ1) is 22.0. The summed E-state index contributed by atoms with van der Waals surface area (Å²) in [7, 11) is 1.71. The quantitative estimate of drug-likeness (QED) is 0.498. The minimum atomic E-state index is -1.07. The summed E-state index contributed by atoms with van der Waals surface area (Å²) in [6, 6.07) is 11.5. The van der Waals surface area contributed by atoms with Crippen molar-refractivity contribution in [2.45, 2.75) is 57.8 Å². The molecule has 0 radical (unpaired) electrons. The number of aromatic nitrogens is 1. The van der Waals surface area contributed by atoms with Crippen molar-refractivity contribution in [3.05, 3.63) is 64.8 Å². The van der Waals surface area contributed by atoms with Crippen LogP contribution in [0.25, 0.3) is 10.9 Å². The van der Waals surface area contributed by atoms with Crippen molar-refractivity contribution in [2.24, 2.45) is 5.41 Å². The maximum absolute atomic E-state index is 14.5. The molecule has 2 aromatic carbocycles. The van der Waals surface area contributed by atoms with Gasteiger partial charge < -0.3 is 14.8 Å². The Bertz CT molecular complexity index is 1190. The number of ether oxygens (including phenoxy) is 1. The van der Waals surface area contributed by atoms with E-state index < -0.39 is 11.6 Å². The molecule has 2 heterocycles. The molecule has 1 aliphatic carbocycles. The number of aromatic carboxylic acids is 1. The van der Waals surface area contributed by atoms with Gasteiger partial charge in [-0.2, -0.15) is 0 Å². The minimum Gasteiger partial charge on any atom is -0.496 e. The number of alkyl halides is 1. The standard InChI is InChI=1S/C27H31FN2O3/c1-17-12-23(33-3)21(20-8-10-29-24(17)20)14-30-11-9-27(15-26(2,28)16-27)13-22(30)18-4-6-19(7-5-18)25(31)32/h4-8,10,12,22,29H,9,11,13-16H2,1-3H3,(H,31,32)/t22-,26?,27?/m1/s1. The average Bonchev–Trinajstić information content (AvgIpc) is 3.26. The summed E-state index contributed by atoms with van der Waals surface area (Å²) in [4.78, 5) is 17.2. The van der Waals surface area contributed by atoms with Gasteiger partial charge in [-0.05, 0) is 86.9 Å². The van der Waals surface area contributed by atoms with Gasteiger partial charge >= 0.3 is 5.97 Å². The van der Waals surface area contributed by atoms with Crippen LogP contribution in [0.2, 0.25) is 0 Å². The maximum atomic E-state index is 14.5. The molecule has 1 aliphatic heterocycles. The summed E-state index contributed by atoms with van der Waals surface area (Å²) >= 11 is 0. The van der Waals surface area contributed by atoms with Crippen LogP contribution >= 0.6 is 0 Å². The normalized spacial score (nSPS) is 27.6. The number of halogens is 1. The van der Waals surface area contributed by atoms with Crippen LogP contribution in [0.5, 0.6) is 5.75 Å². The molecule has 33 heavy (non-hydrogen) atoms. The molecule has 2 aliphatic rings. The number of benzene rings is 2. The maximum Gasteiger partial charge on any atom is 0.335 e. The Morgan fingerprint density at radius 2 is 2.00 bits per heavy atom. The second-order valence-electron chi connectivity index (χ2n) is 10.3. The third-order valence-electron chi connectivity index (χ3n) is 7.72. The van der Waals surface area contributed by atoms with Crippen molar-refractivity contribution < 1.29 is 19.0 Å². The predicted octanol–water partition coefficient (Wildman–Crippen LogP) is 6.03. The van der Waals surface area contributed by atoms with Crippen molar-refractivity contribution in [2.75, 3.05) is 13.7 Å². The molecular weight excluding hydrogens is 419 g/mol. The van der Waals surface area contributed by atoms with Gasteiger partial charge in [-0.15, -0.1) is 0 Å². The van der Waals surface area contributed by atoms with Gasteiger partial charge in [-0.25, -0.2) is 9.18 Å². The molecule has 5 nitrogen and oxygen atoms in total. The fourth-order valence-electron chi connectivity index (χ4n) is 6.36. The van der Waals surface area contributed by atoms with E-state index in [0.29, 0.717) is 19.4 Å². The summed E-state index contributed by atoms with van der Waals surface area (Å²) in [6.45, 7) is 5.37. The first-order valence-electron chi connectivity index (χ1n) is 11.6. The lowest BCUT2D eigenvalue weighted by atomic mass is 9.55. The summed E-state index contributed by atoms with van der Waals surface area (Å²) in [5.41, 5.74) is 3.73. The van der Waals surface area contributed by atoms with E-state index in [1.807, 2.05) is 18.3 Å². The van der Waals surface area contributed by atoms with Crippen molar-refractivity contribution in [3.8, 4) is 5.75 Å². The monoisotopic (exact) mass is 450 g/mol. The van der Waals surface area contributed by atoms with Gasteiger partial charge in [0.2, 0.25) is 0 Å². The number of likely N-dealkylation sites (tertiary alicyclic amines) is 1. The molecule has 1 saturated carbocycles. The highest BCUT2D eigenvalue weighted by Gasteiger charge is 2.55. The van der Waals surface area contributed by atoms with E-state index in [1.54, 1.807) is 26.2 Å². The highest BCUT2D eigenvalue weighted by Crippen LogP contribution is 2.60. The van der Waals surface area contributed by atoms with E-state index in [2.05, 4.69) is 28.9 Å². The lowest BCUT2D eigenvalue weighted by Crippen LogP contribution is -2.53. The largest absolute Gasteiger partial charge is 0.496 e. The van der Waals surface area contributed by atoms with E-state index in [9.17, 15) is 14.3 Å². The van der Waals surface area contributed by atoms with Gasteiger partial charge in [-0.3, -0.25) is 4.90 Å². The zero-order valence-electron chi connectivity index (χ0n) is 19.5. The van der Waals surface area contributed by atoms with Crippen LogP contribution < -0.4 is 4.74 Å². The van der Waals surface area contributed by atoms with Crippen LogP contribution in [-0.2, 0) is 6.54 Å². The molecule has 6 heteroatoms. The summed E-state index contributed by atoms with van der Waals surface area (Å²) in [5.74, 6) is -0.0511. The average molecular weight is 451 g/mol. The molecule has 1 spiro atoms. The number of nitrogens with one attached hydrogen (secondary N) is 1. The van der Waals surface area contributed by atoms with Gasteiger partial charge in [0.05, 0.1) is 12.7 Å². The van der Waals surface area contributed by atoms with Crippen LogP contribution in [0.15, 0.2) is 42.6 Å². The Labute approximate surface area is 193 Å². The molecule has 0 amide bonds. The number of hydrogen-bond acceptors (Lipinski definition) is 3. The molecule has 0 unspecified atom stereocenters. The van der Waals surface area contributed by atoms with E-state index >= 15 is 0 Å². The molecular formula is C27H31FN2O3. The third kappa shape index (κ3) is 3.90. The van der Waals surface area contributed by atoms with Gasteiger partial charge in [0, 0.05) is 35.2 Å². The summed E-state index contributed by atoms with van der Waals surface area (Å²) < 4.78 is 20.3. The molecule has 2 N–H and O–H groups in total. The van der Waals surface area contributed by atoms with Gasteiger partial charge in [0.25, 0.3) is 0 Å². The van der Waals surface area contributed by atoms with E-state index in [0.717, 1.165) is 52.7 Å². The number of rotatable bonds is 5. The number of carboxylic acids is 1. The van der Waals surface area contributed by atoms with Gasteiger partial charge in [0.1, 0.15) is 11.4 Å². The van der Waals surface area contributed by atoms with Crippen molar-refractivity contribution >= 4 is 16.9 Å². The predicted molar refractivity (Wildman–Crippen MR) is 127 cm³/mol. The first-order chi connectivity index (χ1) is 15.7. The van der Waals surface area contributed by atoms with Crippen LogP contribution in [0.1, 0.15) is 65.7 Å². The number of fused-ring (bicyclic) bond motifs is 1. The molecule has 2 fully saturated rings. The Balaban J connectivity index is 1.50. The summed E-state index contributed by atoms with van der Waals surface area (Å²) in [5, 5.41) is 10.5. The number of aromatic amines is 1. The summed E-state index contributed by atoms with van der Waals surface area (Å²) in [6.07, 6.45) is 5.02. The Morgan fingerprint density at radius 3 is 2.64 bits per heavy atom. The van der Waals surface area contributed by atoms with Gasteiger partial charge in [-0.1, -0.05) is 12.1 Å². The lowest BCUT2D eigenvalue weighted by Gasteiger charge is -2.56. The molecule has 174 valence electrons. The van der Waals surface area contributed by atoms with Crippen molar-refractivity contribution in [1.29, 1.82) is 0 Å². The lowest BCUT2D eigenvalue weighted by molar-refractivity contribution is -0.106. The number of H-pyrrole nitrogens is 1. The Hall–Kier alpha value is -2.86. The third-order valence-corrected chi connectivity index (χ3v) is 7.72. The molecule has 1 saturated heterocycles. The molecule has 0 bridgehead atoms. The Morgan fingerprint density at radius 1 is 1.27 bits per heavy atom. The molecule has 1 atom stereocenters. The zero-order chi connectivity index (χ0) is 23.4. The fourth-order valence-corrected chi connectivity index (χ4v) is 6.36. The minimum absolute atomic E-state index is 0.0247. The number of aryl methyl sites for hydroxylation is 1. The van der Waals surface area contributed by atoms with Crippen LogP contribution in [0.3, 0.4) is 0 Å². The first-order valence-corrected chi connectivity index (χ1v) is 11.6. The van der Waals surface area contributed by atoms with Gasteiger partial charge in [0.15, 0.2) is 0 Å².